The number of non-ortho nitro benzene ring substituents is 1. The van der Waals surface area contributed by atoms with E-state index >= 15 is 0 Å². The lowest BCUT2D eigenvalue weighted by molar-refractivity contribution is -0.384. The monoisotopic (exact) mass is 665 g/mol. The zero-order valence-corrected chi connectivity index (χ0v) is 27.0. The van der Waals surface area contributed by atoms with Gasteiger partial charge in [0.05, 0.1) is 32.8 Å². The number of hydrogen-bond acceptors (Lipinski definition) is 6. The number of fused-ring (bicyclic) bond motifs is 7. The van der Waals surface area contributed by atoms with Crippen molar-refractivity contribution in [3.63, 3.8) is 0 Å². The van der Waals surface area contributed by atoms with E-state index in [1.165, 1.54) is 29.0 Å². The van der Waals surface area contributed by atoms with Gasteiger partial charge in [-0.25, -0.2) is 0 Å². The van der Waals surface area contributed by atoms with Gasteiger partial charge in [0.2, 0.25) is 0 Å². The average molecular weight is 666 g/mol. The number of rotatable bonds is 3. The van der Waals surface area contributed by atoms with Crippen LogP contribution in [0.1, 0.15) is 0 Å². The summed E-state index contributed by atoms with van der Waals surface area (Å²) in [5.41, 5.74) is 5.89. The summed E-state index contributed by atoms with van der Waals surface area (Å²) in [7, 11) is 0. The van der Waals surface area contributed by atoms with Crippen LogP contribution < -0.4 is 15.8 Å². The number of aromatic nitrogens is 1. The van der Waals surface area contributed by atoms with Crippen molar-refractivity contribution >= 4 is 83.4 Å². The van der Waals surface area contributed by atoms with E-state index in [9.17, 15) is 19.7 Å². The molecule has 3 heterocycles. The molecule has 0 saturated heterocycles. The van der Waals surface area contributed by atoms with Gasteiger partial charge in [0, 0.05) is 49.2 Å². The number of anilines is 3. The van der Waals surface area contributed by atoms with Gasteiger partial charge in [-0.3, -0.25) is 19.7 Å². The molecule has 7 nitrogen and oxygen atoms in total. The summed E-state index contributed by atoms with van der Waals surface area (Å²) in [4.78, 5) is 43.6. The first kappa shape index (κ1) is 28.5. The third-order valence-electron chi connectivity index (χ3n) is 9.78. The number of nitro benzene ring substituents is 1. The van der Waals surface area contributed by atoms with Crippen LogP contribution in [0.4, 0.5) is 22.7 Å². The Morgan fingerprint density at radius 1 is 0.560 bits per heavy atom. The molecule has 0 amide bonds. The Morgan fingerprint density at radius 2 is 1.24 bits per heavy atom. The highest BCUT2D eigenvalue weighted by Gasteiger charge is 2.28. The minimum absolute atomic E-state index is 0.129. The second-order valence-electron chi connectivity index (χ2n) is 12.5. The van der Waals surface area contributed by atoms with Crippen molar-refractivity contribution in [2.75, 3.05) is 4.90 Å². The second-order valence-corrected chi connectivity index (χ2v) is 13.6. The van der Waals surface area contributed by atoms with Crippen LogP contribution >= 0.6 is 11.8 Å². The van der Waals surface area contributed by atoms with Gasteiger partial charge in [0.15, 0.2) is 10.9 Å². The van der Waals surface area contributed by atoms with E-state index in [0.29, 0.717) is 38.1 Å². The van der Waals surface area contributed by atoms with Crippen molar-refractivity contribution in [1.82, 2.24) is 4.40 Å². The molecular formula is C42H23N3O4S. The molecule has 0 radical (unpaired) electrons. The van der Waals surface area contributed by atoms with Gasteiger partial charge < -0.3 is 9.30 Å². The third kappa shape index (κ3) is 3.99. The molecule has 8 heteroatoms. The summed E-state index contributed by atoms with van der Waals surface area (Å²) in [6, 6.07) is 44.7. The summed E-state index contributed by atoms with van der Waals surface area (Å²) in [5, 5.41) is 15.8. The van der Waals surface area contributed by atoms with Crippen molar-refractivity contribution < 1.29 is 4.92 Å². The first-order valence-electron chi connectivity index (χ1n) is 16.1. The summed E-state index contributed by atoms with van der Waals surface area (Å²) in [6.45, 7) is 0. The van der Waals surface area contributed by atoms with Gasteiger partial charge in [0.1, 0.15) is 0 Å². The van der Waals surface area contributed by atoms with Crippen LogP contribution in [0.3, 0.4) is 0 Å². The molecule has 0 N–H and O–H groups in total. The van der Waals surface area contributed by atoms with E-state index in [2.05, 4.69) is 77.7 Å². The number of hydrogen-bond donors (Lipinski definition) is 0. The molecule has 10 rings (SSSR count). The Kier molecular flexibility index (Phi) is 5.98. The molecule has 0 saturated carbocycles. The van der Waals surface area contributed by atoms with Crippen molar-refractivity contribution in [1.29, 1.82) is 0 Å². The zero-order valence-electron chi connectivity index (χ0n) is 26.2. The van der Waals surface area contributed by atoms with Gasteiger partial charge in [0.25, 0.3) is 5.69 Å². The molecule has 0 unspecified atom stereocenters. The van der Waals surface area contributed by atoms with Gasteiger partial charge >= 0.3 is 0 Å². The lowest BCUT2D eigenvalue weighted by Crippen LogP contribution is -2.17. The van der Waals surface area contributed by atoms with E-state index < -0.39 is 4.92 Å². The molecule has 1 aliphatic rings. The maximum absolute atomic E-state index is 14.4. The molecule has 0 atom stereocenters. The van der Waals surface area contributed by atoms with E-state index in [4.69, 9.17) is 0 Å². The Labute approximate surface area is 287 Å². The van der Waals surface area contributed by atoms with Gasteiger partial charge in [-0.15, -0.1) is 0 Å². The van der Waals surface area contributed by atoms with Crippen LogP contribution in [0.15, 0.2) is 159 Å². The average Bonchev–Trinajstić information content (AvgIpc) is 3.15. The number of nitrogens with zero attached hydrogens (tertiary/aromatic N) is 3. The second kappa shape index (κ2) is 10.5. The van der Waals surface area contributed by atoms with Crippen molar-refractivity contribution in [3.8, 4) is 11.1 Å². The predicted octanol–water partition coefficient (Wildman–Crippen LogP) is 10.2. The fourth-order valence-corrected chi connectivity index (χ4v) is 8.60. The summed E-state index contributed by atoms with van der Waals surface area (Å²) in [5.74, 6) is 0. The Bertz CT molecular complexity index is 3040. The number of para-hydroxylation sites is 2. The highest BCUT2D eigenvalue weighted by atomic mass is 32.2. The molecule has 236 valence electrons. The molecule has 0 spiro atoms. The number of nitro groups is 1. The van der Waals surface area contributed by atoms with Crippen molar-refractivity contribution in [2.45, 2.75) is 9.79 Å². The van der Waals surface area contributed by atoms with E-state index in [0.717, 1.165) is 38.0 Å². The standard InChI is InChI=1S/C42H23N3O4S/c46-41-30-20-19-27(45(48)49)21-35(30)44-36-23-39-37(22-33(36)42(47)32-12-6-11-31(41)40(32)44)43(34-13-3-4-14-38(34)50-39)26-17-15-25(16-18-26)29-10-5-8-24-7-1-2-9-28(24)29/h1-23H. The van der Waals surface area contributed by atoms with Crippen LogP contribution in [0.25, 0.3) is 60.0 Å². The van der Waals surface area contributed by atoms with Crippen LogP contribution in [-0.2, 0) is 0 Å². The maximum Gasteiger partial charge on any atom is 0.271 e. The van der Waals surface area contributed by atoms with Gasteiger partial charge in [-0.05, 0) is 76.5 Å². The first-order chi connectivity index (χ1) is 24.5. The van der Waals surface area contributed by atoms with Crippen molar-refractivity contribution in [3.05, 3.63) is 170 Å². The van der Waals surface area contributed by atoms with Crippen LogP contribution in [0, 0.1) is 10.1 Å². The first-order valence-corrected chi connectivity index (χ1v) is 16.9. The highest BCUT2D eigenvalue weighted by Crippen LogP contribution is 2.52. The molecule has 0 bridgehead atoms. The lowest BCUT2D eigenvalue weighted by Gasteiger charge is -2.33. The fourth-order valence-electron chi connectivity index (χ4n) is 7.53. The fraction of sp³-hybridized carbons (Fsp3) is 0. The molecule has 9 aromatic rings. The minimum Gasteiger partial charge on any atom is -0.308 e. The maximum atomic E-state index is 14.4. The molecule has 7 aromatic carbocycles. The van der Waals surface area contributed by atoms with Gasteiger partial charge in [-0.2, -0.15) is 0 Å². The highest BCUT2D eigenvalue weighted by molar-refractivity contribution is 7.99. The molecular weight excluding hydrogens is 643 g/mol. The topological polar surface area (TPSA) is 84.9 Å². The number of benzene rings is 7. The van der Waals surface area contributed by atoms with E-state index in [1.807, 2.05) is 34.7 Å². The molecule has 50 heavy (non-hydrogen) atoms. The smallest absolute Gasteiger partial charge is 0.271 e. The Balaban J connectivity index is 1.25. The van der Waals surface area contributed by atoms with E-state index in [-0.39, 0.29) is 16.5 Å². The van der Waals surface area contributed by atoms with Crippen LogP contribution in [-0.4, -0.2) is 9.32 Å². The van der Waals surface area contributed by atoms with E-state index in [1.54, 1.807) is 30.0 Å². The lowest BCUT2D eigenvalue weighted by atomic mass is 9.98. The van der Waals surface area contributed by atoms with Crippen LogP contribution in [0.2, 0.25) is 0 Å². The van der Waals surface area contributed by atoms with Crippen LogP contribution in [0.5, 0.6) is 0 Å². The Hall–Kier alpha value is -6.51. The van der Waals surface area contributed by atoms with Gasteiger partial charge in [-0.1, -0.05) is 84.6 Å². The minimum atomic E-state index is -0.467. The SMILES string of the molecule is O=c1c2ccc([N+](=O)[O-])cc2n2c3cc4c(cc3c(=O)c3cccc1c32)N(c1ccc(-c2cccc3ccccc23)cc1)c1ccccc1S4. The number of pyridine rings is 2. The summed E-state index contributed by atoms with van der Waals surface area (Å²) >= 11 is 1.61. The predicted molar refractivity (Wildman–Crippen MR) is 202 cm³/mol. The molecule has 0 fully saturated rings. The molecule has 0 aliphatic carbocycles. The largest absolute Gasteiger partial charge is 0.308 e. The summed E-state index contributed by atoms with van der Waals surface area (Å²) < 4.78 is 1.86. The normalized spacial score (nSPS) is 12.6. The quantitative estimate of drug-likeness (QED) is 0.0808. The van der Waals surface area contributed by atoms with Crippen molar-refractivity contribution in [2.24, 2.45) is 0 Å². The molecule has 1 aliphatic heterocycles. The summed E-state index contributed by atoms with van der Waals surface area (Å²) in [6.07, 6.45) is 0. The molecule has 2 aromatic heterocycles. The Morgan fingerprint density at radius 3 is 2.06 bits per heavy atom. The zero-order chi connectivity index (χ0) is 33.7. The third-order valence-corrected chi connectivity index (χ3v) is 10.9.